The molecule has 0 amide bonds. The number of anilines is 1. The highest BCUT2D eigenvalue weighted by atomic mass is 35.5. The summed E-state index contributed by atoms with van der Waals surface area (Å²) in [5, 5.41) is 0.349. The lowest BCUT2D eigenvalue weighted by molar-refractivity contribution is 0.0551. The number of hydrogen-bond donors (Lipinski definition) is 1. The Morgan fingerprint density at radius 1 is 1.17 bits per heavy atom. The fourth-order valence-corrected chi connectivity index (χ4v) is 3.28. The second-order valence-electron chi connectivity index (χ2n) is 4.61. The molecule has 0 fully saturated rings. The molecule has 1 N–H and O–H groups in total. The van der Waals surface area contributed by atoms with E-state index in [0.29, 0.717) is 0 Å². The highest BCUT2D eigenvalue weighted by molar-refractivity contribution is 7.92. The first kappa shape index (κ1) is 18.3. The van der Waals surface area contributed by atoms with Crippen molar-refractivity contribution in [3.8, 4) is 0 Å². The minimum absolute atomic E-state index is 0.0205. The monoisotopic (exact) mass is 385 g/mol. The van der Waals surface area contributed by atoms with Crippen LogP contribution in [0.3, 0.4) is 0 Å². The van der Waals surface area contributed by atoms with E-state index in [1.165, 1.54) is 36.4 Å². The quantitative estimate of drug-likeness (QED) is 0.598. The zero-order valence-corrected chi connectivity index (χ0v) is 14.7. The number of sulfonamides is 1. The zero-order valence-electron chi connectivity index (χ0n) is 12.3. The van der Waals surface area contributed by atoms with Gasteiger partial charge >= 0.3 is 5.97 Å². The van der Waals surface area contributed by atoms with Crippen LogP contribution in [-0.2, 0) is 14.8 Å². The number of halogens is 2. The van der Waals surface area contributed by atoms with Crippen molar-refractivity contribution in [2.24, 2.45) is 0 Å². The lowest BCUT2D eigenvalue weighted by Crippen LogP contribution is -2.16. The van der Waals surface area contributed by atoms with E-state index in [9.17, 15) is 13.2 Å². The number of para-hydroxylation sites is 1. The summed E-state index contributed by atoms with van der Waals surface area (Å²) in [4.78, 5) is 11.9. The normalized spacial score (nSPS) is 10.9. The number of carbonyl (C=O) groups is 1. The van der Waals surface area contributed by atoms with E-state index in [1.54, 1.807) is 12.1 Å². The molecule has 0 heterocycles. The maximum Gasteiger partial charge on any atom is 0.340 e. The summed E-state index contributed by atoms with van der Waals surface area (Å²) in [5.74, 6) is -0.665. The predicted octanol–water partition coefficient (Wildman–Crippen LogP) is 4.14. The van der Waals surface area contributed by atoms with Crippen molar-refractivity contribution in [2.45, 2.75) is 4.90 Å². The van der Waals surface area contributed by atoms with Crippen LogP contribution in [-0.4, -0.2) is 21.0 Å². The van der Waals surface area contributed by atoms with Crippen molar-refractivity contribution in [2.75, 3.05) is 11.3 Å². The highest BCUT2D eigenvalue weighted by Gasteiger charge is 2.20. The Bertz CT molecular complexity index is 881. The molecule has 0 aliphatic rings. The van der Waals surface area contributed by atoms with E-state index >= 15 is 0 Å². The van der Waals surface area contributed by atoms with Crippen LogP contribution in [0.25, 0.3) is 0 Å². The SMILES string of the molecule is C=CCOC(=O)c1ccccc1NS(=O)(=O)c1ccc(Cl)c(Cl)c1. The molecular weight excluding hydrogens is 373 g/mol. The molecule has 8 heteroatoms. The molecule has 2 rings (SSSR count). The number of carbonyl (C=O) groups excluding carboxylic acids is 1. The van der Waals surface area contributed by atoms with Crippen molar-refractivity contribution >= 4 is 44.9 Å². The van der Waals surface area contributed by atoms with Gasteiger partial charge in [0.2, 0.25) is 0 Å². The third-order valence-corrected chi connectivity index (χ3v) is 5.03. The molecule has 0 atom stereocenters. The maximum atomic E-state index is 12.5. The van der Waals surface area contributed by atoms with Crippen molar-refractivity contribution in [1.29, 1.82) is 0 Å². The van der Waals surface area contributed by atoms with E-state index in [0.717, 1.165) is 0 Å². The minimum atomic E-state index is -3.95. The average Bonchev–Trinajstić information content (AvgIpc) is 2.55. The van der Waals surface area contributed by atoms with Crippen molar-refractivity contribution in [1.82, 2.24) is 0 Å². The summed E-state index contributed by atoms with van der Waals surface area (Å²) in [7, 11) is -3.95. The Morgan fingerprint density at radius 3 is 2.54 bits per heavy atom. The molecule has 126 valence electrons. The fourth-order valence-electron chi connectivity index (χ4n) is 1.81. The summed E-state index contributed by atoms with van der Waals surface area (Å²) < 4.78 is 32.2. The van der Waals surface area contributed by atoms with Crippen molar-refractivity contribution in [3.05, 3.63) is 70.7 Å². The van der Waals surface area contributed by atoms with Gasteiger partial charge in [0.05, 0.1) is 26.2 Å². The molecule has 0 spiro atoms. The molecular formula is C16H13Cl2NO4S. The van der Waals surface area contributed by atoms with E-state index in [-0.39, 0.29) is 32.8 Å². The topological polar surface area (TPSA) is 72.5 Å². The van der Waals surface area contributed by atoms with Crippen molar-refractivity contribution < 1.29 is 17.9 Å². The van der Waals surface area contributed by atoms with Gasteiger partial charge in [0.15, 0.2) is 0 Å². The number of esters is 1. The van der Waals surface area contributed by atoms with E-state index in [2.05, 4.69) is 11.3 Å². The van der Waals surface area contributed by atoms with Crippen LogP contribution in [0.5, 0.6) is 0 Å². The number of ether oxygens (including phenoxy) is 1. The van der Waals surface area contributed by atoms with Gasteiger partial charge in [-0.05, 0) is 30.3 Å². The van der Waals surface area contributed by atoms with Crippen LogP contribution < -0.4 is 4.72 Å². The molecule has 0 bridgehead atoms. The first-order valence-corrected chi connectivity index (χ1v) is 8.94. The Balaban J connectivity index is 2.34. The second-order valence-corrected chi connectivity index (χ2v) is 7.11. The molecule has 2 aromatic rings. The zero-order chi connectivity index (χ0) is 17.7. The molecule has 0 radical (unpaired) electrons. The third kappa shape index (κ3) is 4.29. The van der Waals surface area contributed by atoms with E-state index in [1.807, 2.05) is 0 Å². The molecule has 0 saturated carbocycles. The summed E-state index contributed by atoms with van der Waals surface area (Å²) in [5.41, 5.74) is 0.181. The van der Waals surface area contributed by atoms with Crippen LogP contribution in [0.1, 0.15) is 10.4 Å². The smallest absolute Gasteiger partial charge is 0.340 e. The predicted molar refractivity (Wildman–Crippen MR) is 94.2 cm³/mol. The van der Waals surface area contributed by atoms with Gasteiger partial charge in [-0.25, -0.2) is 13.2 Å². The van der Waals surface area contributed by atoms with Gasteiger partial charge < -0.3 is 4.74 Å². The third-order valence-electron chi connectivity index (χ3n) is 2.92. The van der Waals surface area contributed by atoms with Gasteiger partial charge in [-0.1, -0.05) is 48.0 Å². The number of hydrogen-bond acceptors (Lipinski definition) is 4. The van der Waals surface area contributed by atoms with Gasteiger partial charge in [-0.3, -0.25) is 4.72 Å². The first-order valence-electron chi connectivity index (χ1n) is 6.70. The molecule has 0 saturated heterocycles. The van der Waals surface area contributed by atoms with Gasteiger partial charge in [0, 0.05) is 0 Å². The maximum absolute atomic E-state index is 12.5. The number of benzene rings is 2. The fraction of sp³-hybridized carbons (Fsp3) is 0.0625. The Hall–Kier alpha value is -2.02. The second kappa shape index (κ2) is 7.70. The molecule has 0 unspecified atom stereocenters. The molecule has 0 aliphatic carbocycles. The lowest BCUT2D eigenvalue weighted by Gasteiger charge is -2.12. The van der Waals surface area contributed by atoms with E-state index in [4.69, 9.17) is 27.9 Å². The van der Waals surface area contributed by atoms with Gasteiger partial charge in [0.25, 0.3) is 10.0 Å². The highest BCUT2D eigenvalue weighted by Crippen LogP contribution is 2.27. The Kier molecular flexibility index (Phi) is 5.88. The molecule has 0 aliphatic heterocycles. The Morgan fingerprint density at radius 2 is 1.88 bits per heavy atom. The first-order chi connectivity index (χ1) is 11.3. The van der Waals surface area contributed by atoms with E-state index < -0.39 is 16.0 Å². The molecule has 5 nitrogen and oxygen atoms in total. The van der Waals surface area contributed by atoms with Crippen molar-refractivity contribution in [3.63, 3.8) is 0 Å². The van der Waals surface area contributed by atoms with Crippen LogP contribution in [0.4, 0.5) is 5.69 Å². The summed E-state index contributed by atoms with van der Waals surface area (Å²) in [6.07, 6.45) is 1.42. The van der Waals surface area contributed by atoms with Crippen LogP contribution >= 0.6 is 23.2 Å². The molecule has 24 heavy (non-hydrogen) atoms. The van der Waals surface area contributed by atoms with Gasteiger partial charge in [-0.2, -0.15) is 0 Å². The van der Waals surface area contributed by atoms with Crippen LogP contribution in [0.15, 0.2) is 60.0 Å². The average molecular weight is 386 g/mol. The molecule has 0 aromatic heterocycles. The minimum Gasteiger partial charge on any atom is -0.458 e. The number of rotatable bonds is 6. The summed E-state index contributed by atoms with van der Waals surface area (Å²) in [6, 6.07) is 10.0. The molecule has 2 aromatic carbocycles. The van der Waals surface area contributed by atoms with Crippen LogP contribution in [0.2, 0.25) is 10.0 Å². The summed E-state index contributed by atoms with van der Waals surface area (Å²) >= 11 is 11.6. The largest absolute Gasteiger partial charge is 0.458 e. The standard InChI is InChI=1S/C16H13Cl2NO4S/c1-2-9-23-16(20)12-5-3-4-6-15(12)19-24(21,22)11-7-8-13(17)14(18)10-11/h2-8,10,19H,1,9H2. The van der Waals surface area contributed by atoms with Gasteiger partial charge in [0.1, 0.15) is 6.61 Å². The number of nitrogens with one attached hydrogen (secondary N) is 1. The van der Waals surface area contributed by atoms with Gasteiger partial charge in [-0.15, -0.1) is 0 Å². The Labute approximate surface area is 149 Å². The summed E-state index contributed by atoms with van der Waals surface area (Å²) in [6.45, 7) is 3.47. The van der Waals surface area contributed by atoms with Crippen LogP contribution in [0, 0.1) is 0 Å². The lowest BCUT2D eigenvalue weighted by atomic mass is 10.2.